The zero-order chi connectivity index (χ0) is 14.6. The average molecular weight is 264 g/mol. The van der Waals surface area contributed by atoms with Crippen molar-refractivity contribution in [2.75, 3.05) is 11.9 Å². The van der Waals surface area contributed by atoms with Gasteiger partial charge >= 0.3 is 12.0 Å². The standard InChI is InChI=1S/C14H20N2O3/c1-9(2)12(13(17)18)15-14(19)16(4)11-8-6-5-7-10(11)3/h5-9,12H,1-4H3,(H,15,19)(H,17,18). The summed E-state index contributed by atoms with van der Waals surface area (Å²) in [6, 6.07) is 6.13. The molecule has 0 spiro atoms. The molecule has 2 amide bonds. The molecule has 0 bridgehead atoms. The first-order valence-corrected chi connectivity index (χ1v) is 6.17. The van der Waals surface area contributed by atoms with E-state index in [1.54, 1.807) is 20.9 Å². The molecule has 5 nitrogen and oxygen atoms in total. The number of carbonyl (C=O) groups is 2. The normalized spacial score (nSPS) is 12.1. The molecular formula is C14H20N2O3. The Hall–Kier alpha value is -2.04. The van der Waals surface area contributed by atoms with E-state index >= 15 is 0 Å². The van der Waals surface area contributed by atoms with Crippen LogP contribution in [0.5, 0.6) is 0 Å². The van der Waals surface area contributed by atoms with Gasteiger partial charge in [0.2, 0.25) is 0 Å². The Morgan fingerprint density at radius 1 is 1.26 bits per heavy atom. The second-order valence-electron chi connectivity index (χ2n) is 4.85. The molecule has 5 heteroatoms. The number of carbonyl (C=O) groups excluding carboxylic acids is 1. The van der Waals surface area contributed by atoms with Gasteiger partial charge in [0, 0.05) is 12.7 Å². The number of urea groups is 1. The number of nitrogens with zero attached hydrogens (tertiary/aromatic N) is 1. The molecule has 0 aliphatic carbocycles. The van der Waals surface area contributed by atoms with Crippen LogP contribution in [0.4, 0.5) is 10.5 Å². The predicted octanol–water partition coefficient (Wildman–Crippen LogP) is 2.25. The maximum atomic E-state index is 12.1. The van der Waals surface area contributed by atoms with Gasteiger partial charge in [-0.3, -0.25) is 4.90 Å². The summed E-state index contributed by atoms with van der Waals surface area (Å²) in [5.41, 5.74) is 1.71. The highest BCUT2D eigenvalue weighted by Crippen LogP contribution is 2.18. The summed E-state index contributed by atoms with van der Waals surface area (Å²) in [5.74, 6) is -1.20. The molecule has 0 saturated heterocycles. The molecule has 1 atom stereocenters. The van der Waals surface area contributed by atoms with Crippen molar-refractivity contribution >= 4 is 17.7 Å². The summed E-state index contributed by atoms with van der Waals surface area (Å²) < 4.78 is 0. The number of hydrogen-bond acceptors (Lipinski definition) is 2. The van der Waals surface area contributed by atoms with Crippen molar-refractivity contribution in [3.8, 4) is 0 Å². The minimum absolute atomic E-state index is 0.174. The minimum Gasteiger partial charge on any atom is -0.480 e. The molecule has 2 N–H and O–H groups in total. The molecule has 1 aromatic rings. The monoisotopic (exact) mass is 264 g/mol. The van der Waals surface area contributed by atoms with Crippen molar-refractivity contribution in [1.82, 2.24) is 5.32 Å². The Labute approximate surface area is 113 Å². The molecule has 104 valence electrons. The lowest BCUT2D eigenvalue weighted by Gasteiger charge is -2.24. The first-order valence-electron chi connectivity index (χ1n) is 6.17. The van der Waals surface area contributed by atoms with Crippen LogP contribution in [-0.2, 0) is 4.79 Å². The summed E-state index contributed by atoms with van der Waals surface area (Å²) in [6.07, 6.45) is 0. The summed E-state index contributed by atoms with van der Waals surface area (Å²) in [7, 11) is 1.62. The molecule has 0 aliphatic rings. The zero-order valence-corrected chi connectivity index (χ0v) is 11.7. The number of hydrogen-bond donors (Lipinski definition) is 2. The van der Waals surface area contributed by atoms with Crippen molar-refractivity contribution in [3.63, 3.8) is 0 Å². The van der Waals surface area contributed by atoms with Gasteiger partial charge in [-0.25, -0.2) is 9.59 Å². The SMILES string of the molecule is Cc1ccccc1N(C)C(=O)NC(C(=O)O)C(C)C. The summed E-state index contributed by atoms with van der Waals surface area (Å²) >= 11 is 0. The third-order valence-corrected chi connectivity index (χ3v) is 2.99. The Kier molecular flexibility index (Phi) is 4.92. The predicted molar refractivity (Wildman–Crippen MR) is 74.4 cm³/mol. The molecule has 1 unspecified atom stereocenters. The van der Waals surface area contributed by atoms with Gasteiger partial charge in [-0.2, -0.15) is 0 Å². The lowest BCUT2D eigenvalue weighted by atomic mass is 10.1. The number of amides is 2. The van der Waals surface area contributed by atoms with Gasteiger partial charge in [0.1, 0.15) is 6.04 Å². The van der Waals surface area contributed by atoms with Crippen LogP contribution in [0.15, 0.2) is 24.3 Å². The van der Waals surface area contributed by atoms with Crippen molar-refractivity contribution < 1.29 is 14.7 Å². The van der Waals surface area contributed by atoms with Crippen molar-refractivity contribution in [2.24, 2.45) is 5.92 Å². The van der Waals surface area contributed by atoms with E-state index in [0.29, 0.717) is 0 Å². The van der Waals surface area contributed by atoms with E-state index in [4.69, 9.17) is 5.11 Å². The van der Waals surface area contributed by atoms with Gasteiger partial charge in [-0.15, -0.1) is 0 Å². The number of aryl methyl sites for hydroxylation is 1. The first-order chi connectivity index (χ1) is 8.84. The Morgan fingerprint density at radius 3 is 2.32 bits per heavy atom. The molecule has 0 saturated carbocycles. The number of carboxylic acids is 1. The van der Waals surface area contributed by atoms with E-state index in [-0.39, 0.29) is 5.92 Å². The van der Waals surface area contributed by atoms with Crippen molar-refractivity contribution in [1.29, 1.82) is 0 Å². The number of anilines is 1. The summed E-state index contributed by atoms with van der Waals surface area (Å²) in [6.45, 7) is 5.41. The highest BCUT2D eigenvalue weighted by molar-refractivity contribution is 5.94. The average Bonchev–Trinajstić information content (AvgIpc) is 2.34. The second-order valence-corrected chi connectivity index (χ2v) is 4.85. The molecular weight excluding hydrogens is 244 g/mol. The Bertz CT molecular complexity index is 472. The third kappa shape index (κ3) is 3.71. The van der Waals surface area contributed by atoms with Crippen LogP contribution in [-0.4, -0.2) is 30.2 Å². The van der Waals surface area contributed by atoms with Crippen LogP contribution in [0.3, 0.4) is 0 Å². The van der Waals surface area contributed by atoms with Gasteiger partial charge in [0.05, 0.1) is 0 Å². The largest absolute Gasteiger partial charge is 0.480 e. The van der Waals surface area contributed by atoms with Gasteiger partial charge in [-0.1, -0.05) is 32.0 Å². The number of benzene rings is 1. The maximum absolute atomic E-state index is 12.1. The molecule has 19 heavy (non-hydrogen) atoms. The zero-order valence-electron chi connectivity index (χ0n) is 11.7. The molecule has 0 aromatic heterocycles. The van der Waals surface area contributed by atoms with Gasteiger partial charge in [-0.05, 0) is 24.5 Å². The van der Waals surface area contributed by atoms with Crippen LogP contribution in [0, 0.1) is 12.8 Å². The smallest absolute Gasteiger partial charge is 0.326 e. The fourth-order valence-corrected chi connectivity index (χ4v) is 1.79. The van der Waals surface area contributed by atoms with Crippen LogP contribution in [0.2, 0.25) is 0 Å². The number of aliphatic carboxylic acids is 1. The number of para-hydroxylation sites is 1. The highest BCUT2D eigenvalue weighted by Gasteiger charge is 2.25. The van der Waals surface area contributed by atoms with E-state index in [1.165, 1.54) is 4.90 Å². The van der Waals surface area contributed by atoms with Gasteiger partial charge in [0.15, 0.2) is 0 Å². The first kappa shape index (κ1) is 15.0. The Balaban J connectivity index is 2.83. The highest BCUT2D eigenvalue weighted by atomic mass is 16.4. The maximum Gasteiger partial charge on any atom is 0.326 e. The molecule has 0 radical (unpaired) electrons. The molecule has 1 aromatic carbocycles. The lowest BCUT2D eigenvalue weighted by Crippen LogP contribution is -2.49. The molecule has 0 fully saturated rings. The fraction of sp³-hybridized carbons (Fsp3) is 0.429. The van der Waals surface area contributed by atoms with Crippen LogP contribution < -0.4 is 10.2 Å². The van der Waals surface area contributed by atoms with E-state index in [1.807, 2.05) is 31.2 Å². The molecule has 1 rings (SSSR count). The van der Waals surface area contributed by atoms with E-state index < -0.39 is 18.0 Å². The van der Waals surface area contributed by atoms with E-state index in [2.05, 4.69) is 5.32 Å². The Morgan fingerprint density at radius 2 is 1.84 bits per heavy atom. The summed E-state index contributed by atoms with van der Waals surface area (Å²) in [5, 5.41) is 11.6. The quantitative estimate of drug-likeness (QED) is 0.876. The minimum atomic E-state index is -1.03. The van der Waals surface area contributed by atoms with Gasteiger partial charge in [0.25, 0.3) is 0 Å². The number of carboxylic acid groups (broad SMARTS) is 1. The van der Waals surface area contributed by atoms with Crippen LogP contribution in [0.1, 0.15) is 19.4 Å². The van der Waals surface area contributed by atoms with E-state index in [9.17, 15) is 9.59 Å². The molecule has 0 heterocycles. The molecule has 0 aliphatic heterocycles. The topological polar surface area (TPSA) is 69.6 Å². The van der Waals surface area contributed by atoms with Crippen molar-refractivity contribution in [3.05, 3.63) is 29.8 Å². The summed E-state index contributed by atoms with van der Waals surface area (Å²) in [4.78, 5) is 24.6. The van der Waals surface area contributed by atoms with Crippen LogP contribution >= 0.6 is 0 Å². The van der Waals surface area contributed by atoms with Crippen molar-refractivity contribution in [2.45, 2.75) is 26.8 Å². The fourth-order valence-electron chi connectivity index (χ4n) is 1.79. The van der Waals surface area contributed by atoms with Crippen LogP contribution in [0.25, 0.3) is 0 Å². The lowest BCUT2D eigenvalue weighted by molar-refractivity contribution is -0.140. The number of rotatable bonds is 4. The van der Waals surface area contributed by atoms with E-state index in [0.717, 1.165) is 11.3 Å². The third-order valence-electron chi connectivity index (χ3n) is 2.99. The second kappa shape index (κ2) is 6.22. The number of nitrogens with one attached hydrogen (secondary N) is 1. The van der Waals surface area contributed by atoms with Gasteiger partial charge < -0.3 is 10.4 Å².